The summed E-state index contributed by atoms with van der Waals surface area (Å²) in [6.45, 7) is 2.43. The normalized spacial score (nSPS) is 16.7. The minimum absolute atomic E-state index is 0.0697. The molecule has 19 heavy (non-hydrogen) atoms. The standard InChI is InChI=1S/C15H23N3O/c1-17(2)14(13-8-4-3-5-9-13)12-16-15(19)18-10-6-7-11-18/h3-5,8-9,14H,6-7,10-12H2,1-2H3,(H,16,19). The van der Waals surface area contributed by atoms with Crippen LogP contribution in [0.25, 0.3) is 0 Å². The molecule has 2 rings (SSSR count). The first-order valence-electron chi connectivity index (χ1n) is 6.92. The van der Waals surface area contributed by atoms with E-state index >= 15 is 0 Å². The van der Waals surface area contributed by atoms with Crippen LogP contribution in [0.3, 0.4) is 0 Å². The topological polar surface area (TPSA) is 35.6 Å². The van der Waals surface area contributed by atoms with Crippen LogP contribution in [0.1, 0.15) is 24.4 Å². The van der Waals surface area contributed by atoms with E-state index in [0.29, 0.717) is 6.54 Å². The van der Waals surface area contributed by atoms with Gasteiger partial charge < -0.3 is 15.1 Å². The van der Waals surface area contributed by atoms with Gasteiger partial charge in [0, 0.05) is 19.6 Å². The number of nitrogens with one attached hydrogen (secondary N) is 1. The number of hydrogen-bond donors (Lipinski definition) is 1. The third-order valence-electron chi connectivity index (χ3n) is 3.65. The first-order chi connectivity index (χ1) is 9.18. The lowest BCUT2D eigenvalue weighted by Crippen LogP contribution is -2.41. The average Bonchev–Trinajstić information content (AvgIpc) is 2.93. The Labute approximate surface area is 115 Å². The van der Waals surface area contributed by atoms with Crippen molar-refractivity contribution < 1.29 is 4.79 Å². The third kappa shape index (κ3) is 3.70. The highest BCUT2D eigenvalue weighted by atomic mass is 16.2. The molecule has 104 valence electrons. The molecule has 1 aliphatic rings. The van der Waals surface area contributed by atoms with Crippen molar-refractivity contribution >= 4 is 6.03 Å². The molecule has 0 bridgehead atoms. The van der Waals surface area contributed by atoms with Crippen molar-refractivity contribution in [2.75, 3.05) is 33.7 Å². The zero-order chi connectivity index (χ0) is 13.7. The SMILES string of the molecule is CN(C)C(CNC(=O)N1CCCC1)c1ccccc1. The maximum atomic E-state index is 12.0. The number of hydrogen-bond acceptors (Lipinski definition) is 2. The molecule has 1 unspecified atom stereocenters. The van der Waals surface area contributed by atoms with E-state index in [0.717, 1.165) is 25.9 Å². The summed E-state index contributed by atoms with van der Waals surface area (Å²) in [6, 6.07) is 10.6. The van der Waals surface area contributed by atoms with Crippen LogP contribution >= 0.6 is 0 Å². The van der Waals surface area contributed by atoms with Gasteiger partial charge in [-0.15, -0.1) is 0 Å². The summed E-state index contributed by atoms with van der Waals surface area (Å²) in [5.41, 5.74) is 1.23. The Morgan fingerprint density at radius 1 is 1.26 bits per heavy atom. The van der Waals surface area contributed by atoms with Gasteiger partial charge >= 0.3 is 6.03 Å². The fourth-order valence-electron chi connectivity index (χ4n) is 2.49. The fraction of sp³-hybridized carbons (Fsp3) is 0.533. The van der Waals surface area contributed by atoms with Crippen LogP contribution in [0, 0.1) is 0 Å². The highest BCUT2D eigenvalue weighted by molar-refractivity contribution is 5.74. The maximum absolute atomic E-state index is 12.0. The Morgan fingerprint density at radius 2 is 1.89 bits per heavy atom. The van der Waals surface area contributed by atoms with E-state index in [2.05, 4.69) is 22.3 Å². The van der Waals surface area contributed by atoms with Crippen LogP contribution in [0.5, 0.6) is 0 Å². The molecule has 0 aromatic heterocycles. The predicted molar refractivity (Wildman–Crippen MR) is 77.1 cm³/mol. The van der Waals surface area contributed by atoms with Crippen LogP contribution in [-0.4, -0.2) is 49.6 Å². The van der Waals surface area contributed by atoms with E-state index in [1.54, 1.807) is 0 Å². The molecule has 0 saturated carbocycles. The van der Waals surface area contributed by atoms with E-state index in [1.165, 1.54) is 5.56 Å². The summed E-state index contributed by atoms with van der Waals surface area (Å²) in [7, 11) is 4.08. The predicted octanol–water partition coefficient (Wildman–Crippen LogP) is 2.09. The lowest BCUT2D eigenvalue weighted by Gasteiger charge is -2.26. The van der Waals surface area contributed by atoms with Crippen LogP contribution in [-0.2, 0) is 0 Å². The van der Waals surface area contributed by atoms with Crippen molar-refractivity contribution in [2.24, 2.45) is 0 Å². The minimum Gasteiger partial charge on any atom is -0.336 e. The molecule has 2 amide bonds. The molecule has 4 nitrogen and oxygen atoms in total. The van der Waals surface area contributed by atoms with Gasteiger partial charge in [0.15, 0.2) is 0 Å². The first kappa shape index (κ1) is 13.9. The summed E-state index contributed by atoms with van der Waals surface area (Å²) in [4.78, 5) is 16.0. The largest absolute Gasteiger partial charge is 0.336 e. The molecule has 0 aliphatic carbocycles. The van der Waals surface area contributed by atoms with Gasteiger partial charge in [-0.05, 0) is 32.5 Å². The molecule has 1 N–H and O–H groups in total. The highest BCUT2D eigenvalue weighted by Gasteiger charge is 2.20. The van der Waals surface area contributed by atoms with Crippen LogP contribution in [0.15, 0.2) is 30.3 Å². The van der Waals surface area contributed by atoms with Crippen molar-refractivity contribution in [3.8, 4) is 0 Å². The second-order valence-electron chi connectivity index (χ2n) is 5.27. The Morgan fingerprint density at radius 3 is 2.47 bits per heavy atom. The van der Waals surface area contributed by atoms with Gasteiger partial charge in [-0.25, -0.2) is 4.79 Å². The molecule has 1 aromatic rings. The second-order valence-corrected chi connectivity index (χ2v) is 5.27. The van der Waals surface area contributed by atoms with Crippen molar-refractivity contribution in [1.29, 1.82) is 0 Å². The monoisotopic (exact) mass is 261 g/mol. The molecule has 1 aromatic carbocycles. The van der Waals surface area contributed by atoms with E-state index in [9.17, 15) is 4.79 Å². The Balaban J connectivity index is 1.92. The Bertz CT molecular complexity index is 399. The van der Waals surface area contributed by atoms with E-state index in [1.807, 2.05) is 37.2 Å². The number of amides is 2. The van der Waals surface area contributed by atoms with Gasteiger partial charge in [0.1, 0.15) is 0 Å². The zero-order valence-corrected chi connectivity index (χ0v) is 11.8. The van der Waals surface area contributed by atoms with Gasteiger partial charge in [-0.3, -0.25) is 0 Å². The number of carbonyl (C=O) groups is 1. The summed E-state index contributed by atoms with van der Waals surface area (Å²) in [5, 5.41) is 3.05. The van der Waals surface area contributed by atoms with Crippen LogP contribution < -0.4 is 5.32 Å². The van der Waals surface area contributed by atoms with E-state index in [4.69, 9.17) is 0 Å². The molecule has 0 spiro atoms. The highest BCUT2D eigenvalue weighted by Crippen LogP contribution is 2.17. The molecule has 1 aliphatic heterocycles. The molecule has 1 heterocycles. The van der Waals surface area contributed by atoms with Crippen molar-refractivity contribution in [1.82, 2.24) is 15.1 Å². The van der Waals surface area contributed by atoms with Crippen LogP contribution in [0.4, 0.5) is 4.79 Å². The fourth-order valence-corrected chi connectivity index (χ4v) is 2.49. The Hall–Kier alpha value is -1.55. The second kappa shape index (κ2) is 6.57. The molecule has 0 radical (unpaired) electrons. The molecule has 1 saturated heterocycles. The Kier molecular flexibility index (Phi) is 4.80. The summed E-state index contributed by atoms with van der Waals surface area (Å²) in [5.74, 6) is 0. The van der Waals surface area contributed by atoms with Gasteiger partial charge in [0.05, 0.1) is 6.04 Å². The van der Waals surface area contributed by atoms with Crippen molar-refractivity contribution in [2.45, 2.75) is 18.9 Å². The molecule has 4 heteroatoms. The van der Waals surface area contributed by atoms with Gasteiger partial charge in [-0.2, -0.15) is 0 Å². The molecular weight excluding hydrogens is 238 g/mol. The lowest BCUT2D eigenvalue weighted by atomic mass is 10.1. The van der Waals surface area contributed by atoms with E-state index < -0.39 is 0 Å². The molecule has 1 atom stereocenters. The first-order valence-corrected chi connectivity index (χ1v) is 6.92. The van der Waals surface area contributed by atoms with Crippen LogP contribution in [0.2, 0.25) is 0 Å². The molecular formula is C15H23N3O. The third-order valence-corrected chi connectivity index (χ3v) is 3.65. The van der Waals surface area contributed by atoms with Gasteiger partial charge in [0.2, 0.25) is 0 Å². The maximum Gasteiger partial charge on any atom is 0.317 e. The quantitative estimate of drug-likeness (QED) is 0.901. The number of likely N-dealkylation sites (N-methyl/N-ethyl adjacent to an activating group) is 1. The van der Waals surface area contributed by atoms with Gasteiger partial charge in [-0.1, -0.05) is 30.3 Å². The summed E-state index contributed by atoms with van der Waals surface area (Å²) >= 11 is 0. The lowest BCUT2D eigenvalue weighted by molar-refractivity contribution is 0.202. The number of nitrogens with zero attached hydrogens (tertiary/aromatic N) is 2. The average molecular weight is 261 g/mol. The summed E-state index contributed by atoms with van der Waals surface area (Å²) in [6.07, 6.45) is 2.26. The molecule has 1 fully saturated rings. The number of carbonyl (C=O) groups excluding carboxylic acids is 1. The number of urea groups is 1. The van der Waals surface area contributed by atoms with E-state index in [-0.39, 0.29) is 12.1 Å². The number of benzene rings is 1. The minimum atomic E-state index is 0.0697. The number of rotatable bonds is 4. The van der Waals surface area contributed by atoms with Crippen molar-refractivity contribution in [3.63, 3.8) is 0 Å². The van der Waals surface area contributed by atoms with Crippen molar-refractivity contribution in [3.05, 3.63) is 35.9 Å². The zero-order valence-electron chi connectivity index (χ0n) is 11.8. The number of likely N-dealkylation sites (tertiary alicyclic amines) is 1. The smallest absolute Gasteiger partial charge is 0.317 e. The van der Waals surface area contributed by atoms with Gasteiger partial charge in [0.25, 0.3) is 0 Å². The summed E-state index contributed by atoms with van der Waals surface area (Å²) < 4.78 is 0.